The molecule has 5 aromatic rings. The molecule has 1 fully saturated rings. The number of piperazine rings is 1. The first-order valence-corrected chi connectivity index (χ1v) is 11.0. The lowest BCUT2D eigenvalue weighted by Gasteiger charge is -2.32. The van der Waals surface area contributed by atoms with Crippen LogP contribution < -0.4 is 0 Å². The van der Waals surface area contributed by atoms with E-state index in [0.717, 1.165) is 65.0 Å². The summed E-state index contributed by atoms with van der Waals surface area (Å²) in [4.78, 5) is 25.0. The van der Waals surface area contributed by atoms with E-state index in [1.165, 1.54) is 0 Å². The highest BCUT2D eigenvalue weighted by Gasteiger charge is 2.21. The fourth-order valence-electron chi connectivity index (χ4n) is 4.48. The van der Waals surface area contributed by atoms with Crippen molar-refractivity contribution in [3.8, 4) is 22.3 Å². The largest absolute Gasteiger partial charge is 0.346 e. The molecule has 1 aliphatic rings. The predicted octanol–water partition coefficient (Wildman–Crippen LogP) is 2.67. The van der Waals surface area contributed by atoms with E-state index in [1.807, 2.05) is 59.6 Å². The number of hydrogen-bond acceptors (Lipinski definition) is 5. The zero-order valence-electron chi connectivity index (χ0n) is 18.6. The number of carbonyl (C=O) groups is 1. The van der Waals surface area contributed by atoms with Crippen LogP contribution in [0, 0.1) is 0 Å². The summed E-state index contributed by atoms with van der Waals surface area (Å²) in [6.45, 7) is 3.26. The van der Waals surface area contributed by atoms with Gasteiger partial charge < -0.3 is 14.8 Å². The van der Waals surface area contributed by atoms with Gasteiger partial charge in [0.05, 0.1) is 23.5 Å². The molecule has 0 spiro atoms. The van der Waals surface area contributed by atoms with Gasteiger partial charge in [0.15, 0.2) is 0 Å². The van der Waals surface area contributed by atoms with E-state index >= 15 is 0 Å². The van der Waals surface area contributed by atoms with Crippen molar-refractivity contribution in [2.75, 3.05) is 33.2 Å². The van der Waals surface area contributed by atoms with Gasteiger partial charge in [-0.3, -0.25) is 9.48 Å². The lowest BCUT2D eigenvalue weighted by Crippen LogP contribution is -2.47. The van der Waals surface area contributed by atoms with E-state index in [-0.39, 0.29) is 5.91 Å². The molecule has 9 heteroatoms. The standard InChI is InChI=1S/C24H24N8O/c1-29-5-7-31(8-6-29)24(33)17-9-19-20(13-26-23(19)25-11-17)16-3-4-32-22(10-16)21(14-28-32)18-12-27-30(2)15-18/h3-4,9-15H,5-8H2,1-2H3,(H,25,26). The van der Waals surface area contributed by atoms with E-state index < -0.39 is 0 Å². The maximum absolute atomic E-state index is 13.1. The van der Waals surface area contributed by atoms with E-state index in [9.17, 15) is 4.79 Å². The third-order valence-corrected chi connectivity index (χ3v) is 6.42. The third kappa shape index (κ3) is 3.37. The summed E-state index contributed by atoms with van der Waals surface area (Å²) in [6.07, 6.45) is 11.3. The highest BCUT2D eigenvalue weighted by molar-refractivity contribution is 6.01. The van der Waals surface area contributed by atoms with Gasteiger partial charge in [-0.2, -0.15) is 10.2 Å². The molecule has 6 heterocycles. The number of pyridine rings is 2. The molecular formula is C24H24N8O. The number of nitrogens with zero attached hydrogens (tertiary/aromatic N) is 7. The fourth-order valence-corrected chi connectivity index (χ4v) is 4.48. The second-order valence-electron chi connectivity index (χ2n) is 8.62. The van der Waals surface area contributed by atoms with Crippen LogP contribution in [0.3, 0.4) is 0 Å². The quantitative estimate of drug-likeness (QED) is 0.466. The molecule has 6 rings (SSSR count). The van der Waals surface area contributed by atoms with Gasteiger partial charge in [0.25, 0.3) is 5.91 Å². The first kappa shape index (κ1) is 19.7. The van der Waals surface area contributed by atoms with Gasteiger partial charge in [0.1, 0.15) is 5.65 Å². The second-order valence-corrected chi connectivity index (χ2v) is 8.62. The number of amides is 1. The van der Waals surface area contributed by atoms with E-state index in [0.29, 0.717) is 5.56 Å². The van der Waals surface area contributed by atoms with Crippen molar-refractivity contribution < 1.29 is 4.79 Å². The minimum atomic E-state index is 0.0368. The van der Waals surface area contributed by atoms with Crippen molar-refractivity contribution in [2.24, 2.45) is 7.05 Å². The maximum Gasteiger partial charge on any atom is 0.255 e. The molecule has 1 saturated heterocycles. The molecule has 0 radical (unpaired) electrons. The van der Waals surface area contributed by atoms with Crippen molar-refractivity contribution in [2.45, 2.75) is 0 Å². The number of nitrogens with one attached hydrogen (secondary N) is 1. The number of aromatic nitrogens is 6. The van der Waals surface area contributed by atoms with Crippen LogP contribution in [0.5, 0.6) is 0 Å². The Labute approximate surface area is 190 Å². The molecule has 0 saturated carbocycles. The zero-order chi connectivity index (χ0) is 22.5. The van der Waals surface area contributed by atoms with Crippen molar-refractivity contribution >= 4 is 22.5 Å². The average molecular weight is 441 g/mol. The Balaban J connectivity index is 1.40. The first-order chi connectivity index (χ1) is 16.1. The van der Waals surface area contributed by atoms with Gasteiger partial charge in [0.2, 0.25) is 0 Å². The van der Waals surface area contributed by atoms with Crippen molar-refractivity contribution in [3.05, 3.63) is 60.9 Å². The Kier molecular flexibility index (Phi) is 4.51. The average Bonchev–Trinajstić information content (AvgIpc) is 3.56. The number of carbonyl (C=O) groups excluding carboxylic acids is 1. The van der Waals surface area contributed by atoms with Crippen LogP contribution in [0.1, 0.15) is 10.4 Å². The molecule has 33 heavy (non-hydrogen) atoms. The number of likely N-dealkylation sites (N-methyl/N-ethyl adjacent to an activating group) is 1. The topological polar surface area (TPSA) is 87.3 Å². The lowest BCUT2D eigenvalue weighted by molar-refractivity contribution is 0.0664. The molecule has 0 bridgehead atoms. The van der Waals surface area contributed by atoms with Gasteiger partial charge in [-0.25, -0.2) is 9.50 Å². The normalized spacial score (nSPS) is 15.0. The number of H-pyrrole nitrogens is 1. The third-order valence-electron chi connectivity index (χ3n) is 6.42. The van der Waals surface area contributed by atoms with Crippen LogP contribution in [0.25, 0.3) is 38.8 Å². The van der Waals surface area contributed by atoms with Crippen LogP contribution >= 0.6 is 0 Å². The number of rotatable bonds is 3. The fraction of sp³-hybridized carbons (Fsp3) is 0.250. The molecule has 0 unspecified atom stereocenters. The summed E-state index contributed by atoms with van der Waals surface area (Å²) in [5.74, 6) is 0.0368. The molecule has 1 amide bonds. The zero-order valence-corrected chi connectivity index (χ0v) is 18.6. The smallest absolute Gasteiger partial charge is 0.255 e. The van der Waals surface area contributed by atoms with Crippen molar-refractivity contribution in [1.82, 2.24) is 39.2 Å². The number of hydrogen-bond donors (Lipinski definition) is 1. The van der Waals surface area contributed by atoms with Gasteiger partial charge >= 0.3 is 0 Å². The highest BCUT2D eigenvalue weighted by Crippen LogP contribution is 2.32. The number of fused-ring (bicyclic) bond motifs is 2. The molecule has 9 nitrogen and oxygen atoms in total. The summed E-state index contributed by atoms with van der Waals surface area (Å²) in [6, 6.07) is 6.11. The van der Waals surface area contributed by atoms with Crippen LogP contribution in [0.4, 0.5) is 0 Å². The Hall–Kier alpha value is -3.98. The monoisotopic (exact) mass is 440 g/mol. The van der Waals surface area contributed by atoms with E-state index in [2.05, 4.69) is 38.2 Å². The molecular weight excluding hydrogens is 416 g/mol. The van der Waals surface area contributed by atoms with Crippen molar-refractivity contribution in [1.29, 1.82) is 0 Å². The lowest BCUT2D eigenvalue weighted by atomic mass is 10.0. The Bertz CT molecular complexity index is 1480. The predicted molar refractivity (Wildman–Crippen MR) is 126 cm³/mol. The summed E-state index contributed by atoms with van der Waals surface area (Å²) >= 11 is 0. The Morgan fingerprint density at radius 1 is 0.970 bits per heavy atom. The first-order valence-electron chi connectivity index (χ1n) is 11.0. The van der Waals surface area contributed by atoms with Gasteiger partial charge in [0, 0.05) is 80.1 Å². The minimum Gasteiger partial charge on any atom is -0.346 e. The summed E-state index contributed by atoms with van der Waals surface area (Å²) < 4.78 is 3.65. The van der Waals surface area contributed by atoms with Gasteiger partial charge in [-0.05, 0) is 30.8 Å². The summed E-state index contributed by atoms with van der Waals surface area (Å²) in [5, 5.41) is 9.71. The number of aromatic amines is 1. The number of aryl methyl sites for hydroxylation is 1. The van der Waals surface area contributed by atoms with Crippen LogP contribution in [-0.4, -0.2) is 78.3 Å². The van der Waals surface area contributed by atoms with E-state index in [4.69, 9.17) is 0 Å². The Morgan fingerprint density at radius 2 is 1.82 bits per heavy atom. The van der Waals surface area contributed by atoms with Crippen LogP contribution in [0.15, 0.2) is 55.4 Å². The molecule has 0 aromatic carbocycles. The van der Waals surface area contributed by atoms with E-state index in [1.54, 1.807) is 10.9 Å². The molecule has 0 atom stereocenters. The summed E-state index contributed by atoms with van der Waals surface area (Å²) in [7, 11) is 3.99. The van der Waals surface area contributed by atoms with Gasteiger partial charge in [-0.1, -0.05) is 0 Å². The molecule has 166 valence electrons. The van der Waals surface area contributed by atoms with Crippen LogP contribution in [0.2, 0.25) is 0 Å². The minimum absolute atomic E-state index is 0.0368. The second kappa shape index (κ2) is 7.56. The van der Waals surface area contributed by atoms with Crippen LogP contribution in [-0.2, 0) is 7.05 Å². The van der Waals surface area contributed by atoms with Gasteiger partial charge in [-0.15, -0.1) is 0 Å². The SMILES string of the molecule is CN1CCN(C(=O)c2cnc3[nH]cc(-c4ccn5ncc(-c6cnn(C)c6)c5c4)c3c2)CC1. The maximum atomic E-state index is 13.1. The molecule has 1 aliphatic heterocycles. The summed E-state index contributed by atoms with van der Waals surface area (Å²) in [5.41, 5.74) is 6.46. The van der Waals surface area contributed by atoms with Crippen molar-refractivity contribution in [3.63, 3.8) is 0 Å². The molecule has 0 aliphatic carbocycles. The Morgan fingerprint density at radius 3 is 2.61 bits per heavy atom. The molecule has 1 N–H and O–H groups in total. The molecule has 5 aromatic heterocycles. The highest BCUT2D eigenvalue weighted by atomic mass is 16.2.